The van der Waals surface area contributed by atoms with Crippen molar-refractivity contribution in [1.82, 2.24) is 5.32 Å². The molecule has 5 nitrogen and oxygen atoms in total. The van der Waals surface area contributed by atoms with Gasteiger partial charge in [-0.1, -0.05) is 36.4 Å². The van der Waals surface area contributed by atoms with Gasteiger partial charge in [0.2, 0.25) is 0 Å². The standard InChI is InChI=1S/C18H17NO4/c20-17(16-15-7-2-1-5-13(15)8-9-23-16)19-11-12-4-3-6-14(10-12)18(21)22/h1-7,10,16H,8-9,11H2,(H,19,20)(H,21,22)/t16-/m0/s1. The van der Waals surface area contributed by atoms with Gasteiger partial charge in [-0.25, -0.2) is 4.79 Å². The molecule has 0 aliphatic carbocycles. The first kappa shape index (κ1) is 15.2. The number of hydrogen-bond acceptors (Lipinski definition) is 3. The molecule has 23 heavy (non-hydrogen) atoms. The van der Waals surface area contributed by atoms with Crippen LogP contribution in [0, 0.1) is 0 Å². The molecule has 0 radical (unpaired) electrons. The van der Waals surface area contributed by atoms with Gasteiger partial charge >= 0.3 is 5.97 Å². The molecule has 5 heteroatoms. The molecule has 0 aromatic heterocycles. The molecule has 0 bridgehead atoms. The van der Waals surface area contributed by atoms with Crippen molar-refractivity contribution in [3.63, 3.8) is 0 Å². The minimum Gasteiger partial charge on any atom is -0.478 e. The monoisotopic (exact) mass is 311 g/mol. The Labute approximate surface area is 133 Å². The van der Waals surface area contributed by atoms with Gasteiger partial charge in [0.25, 0.3) is 5.91 Å². The molecule has 1 amide bonds. The average Bonchev–Trinajstić information content (AvgIpc) is 2.59. The van der Waals surface area contributed by atoms with Crippen LogP contribution in [-0.2, 0) is 22.5 Å². The van der Waals surface area contributed by atoms with Crippen molar-refractivity contribution in [2.24, 2.45) is 0 Å². The molecule has 0 fully saturated rings. The van der Waals surface area contributed by atoms with Crippen LogP contribution in [0.5, 0.6) is 0 Å². The number of carboxylic acid groups (broad SMARTS) is 1. The minimum absolute atomic E-state index is 0.205. The van der Waals surface area contributed by atoms with Gasteiger partial charge in [-0.15, -0.1) is 0 Å². The number of carboxylic acids is 1. The summed E-state index contributed by atoms with van der Waals surface area (Å²) in [7, 11) is 0. The number of carbonyl (C=O) groups is 2. The lowest BCUT2D eigenvalue weighted by atomic mass is 9.97. The predicted octanol–water partition coefficient (Wildman–Crippen LogP) is 2.32. The van der Waals surface area contributed by atoms with Crippen LogP contribution in [0.4, 0.5) is 0 Å². The third-order valence-corrected chi connectivity index (χ3v) is 3.87. The van der Waals surface area contributed by atoms with Crippen LogP contribution < -0.4 is 5.32 Å². The van der Waals surface area contributed by atoms with Crippen LogP contribution in [0.25, 0.3) is 0 Å². The van der Waals surface area contributed by atoms with Crippen molar-refractivity contribution in [2.45, 2.75) is 19.1 Å². The summed E-state index contributed by atoms with van der Waals surface area (Å²) in [4.78, 5) is 23.4. The highest BCUT2D eigenvalue weighted by Gasteiger charge is 2.26. The summed E-state index contributed by atoms with van der Waals surface area (Å²) >= 11 is 0. The van der Waals surface area contributed by atoms with E-state index in [0.29, 0.717) is 6.61 Å². The lowest BCUT2D eigenvalue weighted by molar-refractivity contribution is -0.134. The molecule has 0 saturated carbocycles. The van der Waals surface area contributed by atoms with Crippen LogP contribution >= 0.6 is 0 Å². The minimum atomic E-state index is -0.984. The second kappa shape index (κ2) is 6.62. The van der Waals surface area contributed by atoms with Crippen molar-refractivity contribution in [1.29, 1.82) is 0 Å². The van der Waals surface area contributed by atoms with Crippen molar-refractivity contribution < 1.29 is 19.4 Å². The Morgan fingerprint density at radius 2 is 2.00 bits per heavy atom. The van der Waals surface area contributed by atoms with Gasteiger partial charge in [-0.3, -0.25) is 4.79 Å². The number of fused-ring (bicyclic) bond motifs is 1. The maximum atomic E-state index is 12.4. The molecule has 118 valence electrons. The van der Waals surface area contributed by atoms with Crippen LogP contribution in [0.2, 0.25) is 0 Å². The molecule has 3 rings (SSSR count). The molecule has 0 spiro atoms. The average molecular weight is 311 g/mol. The maximum Gasteiger partial charge on any atom is 0.335 e. The van der Waals surface area contributed by atoms with Crippen LogP contribution in [0.15, 0.2) is 48.5 Å². The Morgan fingerprint density at radius 3 is 2.83 bits per heavy atom. The molecule has 1 aliphatic rings. The van der Waals surface area contributed by atoms with E-state index in [4.69, 9.17) is 9.84 Å². The molecule has 1 atom stereocenters. The summed E-state index contributed by atoms with van der Waals surface area (Å²) in [6.45, 7) is 0.783. The smallest absolute Gasteiger partial charge is 0.335 e. The van der Waals surface area contributed by atoms with Crippen molar-refractivity contribution in [3.8, 4) is 0 Å². The van der Waals surface area contributed by atoms with Crippen molar-refractivity contribution in [3.05, 3.63) is 70.8 Å². The molecular weight excluding hydrogens is 294 g/mol. The predicted molar refractivity (Wildman–Crippen MR) is 84.1 cm³/mol. The first-order chi connectivity index (χ1) is 11.1. The number of benzene rings is 2. The zero-order chi connectivity index (χ0) is 16.2. The summed E-state index contributed by atoms with van der Waals surface area (Å²) in [6.07, 6.45) is 0.197. The summed E-state index contributed by atoms with van der Waals surface area (Å²) in [5.74, 6) is -1.19. The number of amides is 1. The molecule has 2 aromatic carbocycles. The molecule has 1 heterocycles. The molecular formula is C18H17NO4. The van der Waals surface area contributed by atoms with Crippen molar-refractivity contribution >= 4 is 11.9 Å². The Morgan fingerprint density at radius 1 is 1.17 bits per heavy atom. The highest BCUT2D eigenvalue weighted by atomic mass is 16.5. The first-order valence-corrected chi connectivity index (χ1v) is 7.44. The number of hydrogen-bond donors (Lipinski definition) is 2. The Balaban J connectivity index is 1.69. The zero-order valence-electron chi connectivity index (χ0n) is 12.5. The van der Waals surface area contributed by atoms with Gasteiger partial charge in [0.1, 0.15) is 0 Å². The quantitative estimate of drug-likeness (QED) is 0.908. The van der Waals surface area contributed by atoms with Gasteiger partial charge in [0.15, 0.2) is 6.10 Å². The molecule has 1 aliphatic heterocycles. The van der Waals surface area contributed by atoms with Gasteiger partial charge < -0.3 is 15.2 Å². The van der Waals surface area contributed by atoms with E-state index < -0.39 is 12.1 Å². The van der Waals surface area contributed by atoms with E-state index in [0.717, 1.165) is 23.1 Å². The fourth-order valence-corrected chi connectivity index (χ4v) is 2.71. The first-order valence-electron chi connectivity index (χ1n) is 7.44. The topological polar surface area (TPSA) is 75.6 Å². The van der Waals surface area contributed by atoms with Crippen LogP contribution in [0.1, 0.15) is 33.2 Å². The third kappa shape index (κ3) is 3.40. The summed E-state index contributed by atoms with van der Waals surface area (Å²) < 4.78 is 5.61. The lowest BCUT2D eigenvalue weighted by Gasteiger charge is -2.25. The second-order valence-electron chi connectivity index (χ2n) is 5.42. The number of nitrogens with one attached hydrogen (secondary N) is 1. The normalized spacial score (nSPS) is 16.4. The third-order valence-electron chi connectivity index (χ3n) is 3.87. The molecule has 0 unspecified atom stereocenters. The van der Waals surface area contributed by atoms with E-state index in [1.165, 1.54) is 6.07 Å². The Bertz CT molecular complexity index is 741. The van der Waals surface area contributed by atoms with Gasteiger partial charge in [-0.2, -0.15) is 0 Å². The summed E-state index contributed by atoms with van der Waals surface area (Å²) in [5, 5.41) is 11.8. The largest absolute Gasteiger partial charge is 0.478 e. The number of aromatic carboxylic acids is 1. The second-order valence-corrected chi connectivity index (χ2v) is 5.42. The maximum absolute atomic E-state index is 12.4. The molecule has 2 aromatic rings. The fraction of sp³-hybridized carbons (Fsp3) is 0.222. The fourth-order valence-electron chi connectivity index (χ4n) is 2.71. The van der Waals surface area contributed by atoms with Gasteiger partial charge in [-0.05, 0) is 35.2 Å². The van der Waals surface area contributed by atoms with Crippen LogP contribution in [0.3, 0.4) is 0 Å². The van der Waals surface area contributed by atoms with Gasteiger partial charge in [0, 0.05) is 6.54 Å². The number of carbonyl (C=O) groups excluding carboxylic acids is 1. The lowest BCUT2D eigenvalue weighted by Crippen LogP contribution is -2.33. The SMILES string of the molecule is O=C(O)c1cccc(CNC(=O)[C@H]2OCCc3ccccc32)c1. The molecule has 2 N–H and O–H groups in total. The van der Waals surface area contributed by atoms with Crippen LogP contribution in [-0.4, -0.2) is 23.6 Å². The Hall–Kier alpha value is -2.66. The van der Waals surface area contributed by atoms with E-state index in [-0.39, 0.29) is 18.0 Å². The highest BCUT2D eigenvalue weighted by Crippen LogP contribution is 2.27. The van der Waals surface area contributed by atoms with E-state index in [2.05, 4.69) is 5.32 Å². The number of rotatable bonds is 4. The van der Waals surface area contributed by atoms with E-state index in [1.54, 1.807) is 18.2 Å². The van der Waals surface area contributed by atoms with E-state index >= 15 is 0 Å². The zero-order valence-corrected chi connectivity index (χ0v) is 12.5. The number of ether oxygens (including phenoxy) is 1. The molecule has 0 saturated heterocycles. The highest BCUT2D eigenvalue weighted by molar-refractivity contribution is 5.87. The summed E-state index contributed by atoms with van der Waals surface area (Å²) in [5.41, 5.74) is 2.97. The van der Waals surface area contributed by atoms with E-state index in [9.17, 15) is 9.59 Å². The van der Waals surface area contributed by atoms with E-state index in [1.807, 2.05) is 24.3 Å². The van der Waals surface area contributed by atoms with Gasteiger partial charge in [0.05, 0.1) is 12.2 Å². The Kier molecular flexibility index (Phi) is 4.39. The van der Waals surface area contributed by atoms with Crippen molar-refractivity contribution in [2.75, 3.05) is 6.61 Å². The summed E-state index contributed by atoms with van der Waals surface area (Å²) in [6, 6.07) is 14.3.